The van der Waals surface area contributed by atoms with E-state index >= 15 is 0 Å². The Morgan fingerprint density at radius 2 is 2.12 bits per heavy atom. The van der Waals surface area contributed by atoms with Crippen LogP contribution in [-0.4, -0.2) is 21.0 Å². The summed E-state index contributed by atoms with van der Waals surface area (Å²) in [6.45, 7) is 1.90. The summed E-state index contributed by atoms with van der Waals surface area (Å²) < 4.78 is 0. The normalized spacial score (nSPS) is 10.8. The molecule has 0 saturated carbocycles. The van der Waals surface area contributed by atoms with Crippen LogP contribution in [0.3, 0.4) is 0 Å². The quantitative estimate of drug-likeness (QED) is 0.727. The number of carboxylic acids is 1. The number of benzene rings is 1. The molecule has 0 fully saturated rings. The smallest absolute Gasteiger partial charge is 0.337 e. The number of aromatic amines is 1. The van der Waals surface area contributed by atoms with Gasteiger partial charge in [-0.15, -0.1) is 0 Å². The number of nitriles is 1. The van der Waals surface area contributed by atoms with Gasteiger partial charge in [0.2, 0.25) is 0 Å². The first-order chi connectivity index (χ1) is 11.4. The molecule has 0 atom stereocenters. The standard InChI is InChI=1S/C17H11Cl2N3O2/c1-8-4-10(7-20)22-16-12(8)5-9(21-16)6-13-14(18)3-2-11(15(13)19)17(23)24/h2-5H,6H2,1H3,(H,21,22)(H,23,24). The maximum atomic E-state index is 11.2. The van der Waals surface area contributed by atoms with Crippen LogP contribution in [0.25, 0.3) is 11.0 Å². The molecule has 0 spiro atoms. The highest BCUT2D eigenvalue weighted by Gasteiger charge is 2.17. The van der Waals surface area contributed by atoms with Crippen molar-refractivity contribution in [3.8, 4) is 6.07 Å². The summed E-state index contributed by atoms with van der Waals surface area (Å²) in [6.07, 6.45) is 0.330. The van der Waals surface area contributed by atoms with E-state index in [2.05, 4.69) is 9.97 Å². The van der Waals surface area contributed by atoms with Gasteiger partial charge in [0, 0.05) is 22.5 Å². The molecule has 24 heavy (non-hydrogen) atoms. The Hall–Kier alpha value is -2.55. The number of halogens is 2. The van der Waals surface area contributed by atoms with Gasteiger partial charge in [0.15, 0.2) is 0 Å². The van der Waals surface area contributed by atoms with E-state index < -0.39 is 5.97 Å². The molecule has 0 radical (unpaired) electrons. The number of aryl methyl sites for hydroxylation is 1. The first kappa shape index (κ1) is 16.3. The van der Waals surface area contributed by atoms with E-state index in [9.17, 15) is 9.90 Å². The summed E-state index contributed by atoms with van der Waals surface area (Å²) in [5, 5.41) is 19.6. The highest BCUT2D eigenvalue weighted by atomic mass is 35.5. The van der Waals surface area contributed by atoms with Crippen molar-refractivity contribution < 1.29 is 9.90 Å². The zero-order valence-electron chi connectivity index (χ0n) is 12.5. The molecule has 5 nitrogen and oxygen atoms in total. The molecule has 0 aliphatic rings. The van der Waals surface area contributed by atoms with Crippen molar-refractivity contribution in [3.63, 3.8) is 0 Å². The topological polar surface area (TPSA) is 89.8 Å². The van der Waals surface area contributed by atoms with E-state index in [1.165, 1.54) is 12.1 Å². The van der Waals surface area contributed by atoms with E-state index in [4.69, 9.17) is 28.5 Å². The summed E-state index contributed by atoms with van der Waals surface area (Å²) >= 11 is 12.4. The summed E-state index contributed by atoms with van der Waals surface area (Å²) in [5.74, 6) is -1.11. The molecule has 2 N–H and O–H groups in total. The molecule has 7 heteroatoms. The van der Waals surface area contributed by atoms with Crippen LogP contribution in [-0.2, 0) is 6.42 Å². The molecule has 3 rings (SSSR count). The van der Waals surface area contributed by atoms with Gasteiger partial charge >= 0.3 is 5.97 Å². The third kappa shape index (κ3) is 2.82. The Kier molecular flexibility index (Phi) is 4.18. The van der Waals surface area contributed by atoms with Crippen LogP contribution in [0.1, 0.15) is 32.9 Å². The highest BCUT2D eigenvalue weighted by molar-refractivity contribution is 6.37. The minimum Gasteiger partial charge on any atom is -0.478 e. The van der Waals surface area contributed by atoms with E-state index in [0.717, 1.165) is 16.6 Å². The minimum absolute atomic E-state index is 0.00764. The van der Waals surface area contributed by atoms with Crippen LogP contribution in [0.15, 0.2) is 24.3 Å². The van der Waals surface area contributed by atoms with Crippen LogP contribution in [0.5, 0.6) is 0 Å². The monoisotopic (exact) mass is 359 g/mol. The van der Waals surface area contributed by atoms with E-state index in [1.807, 2.05) is 19.1 Å². The number of hydrogen-bond donors (Lipinski definition) is 2. The zero-order chi connectivity index (χ0) is 17.4. The largest absolute Gasteiger partial charge is 0.478 e. The van der Waals surface area contributed by atoms with Gasteiger partial charge in [0.25, 0.3) is 0 Å². The van der Waals surface area contributed by atoms with E-state index in [0.29, 0.717) is 28.3 Å². The van der Waals surface area contributed by atoms with Gasteiger partial charge in [-0.05, 0) is 42.3 Å². The number of rotatable bonds is 3. The van der Waals surface area contributed by atoms with Crippen molar-refractivity contribution in [2.75, 3.05) is 0 Å². The van der Waals surface area contributed by atoms with Gasteiger partial charge in [-0.3, -0.25) is 0 Å². The Morgan fingerprint density at radius 1 is 1.38 bits per heavy atom. The molecular formula is C17H11Cl2N3O2. The second kappa shape index (κ2) is 6.16. The Morgan fingerprint density at radius 3 is 2.79 bits per heavy atom. The van der Waals surface area contributed by atoms with Gasteiger partial charge in [0.1, 0.15) is 17.4 Å². The molecule has 0 unspecified atom stereocenters. The van der Waals surface area contributed by atoms with Crippen molar-refractivity contribution in [1.29, 1.82) is 5.26 Å². The SMILES string of the molecule is Cc1cc(C#N)nc2[nH]c(Cc3c(Cl)ccc(C(=O)O)c3Cl)cc12. The fourth-order valence-electron chi connectivity index (χ4n) is 2.59. The number of nitrogens with one attached hydrogen (secondary N) is 1. The first-order valence-electron chi connectivity index (χ1n) is 7.00. The molecule has 0 bridgehead atoms. The zero-order valence-corrected chi connectivity index (χ0v) is 14.0. The molecule has 0 amide bonds. The van der Waals surface area contributed by atoms with Crippen molar-refractivity contribution in [1.82, 2.24) is 9.97 Å². The molecule has 0 aliphatic carbocycles. The van der Waals surface area contributed by atoms with E-state index in [1.54, 1.807) is 6.07 Å². The highest BCUT2D eigenvalue weighted by Crippen LogP contribution is 2.31. The third-order valence-corrected chi connectivity index (χ3v) is 4.55. The molecule has 1 aromatic carbocycles. The lowest BCUT2D eigenvalue weighted by Gasteiger charge is -2.08. The lowest BCUT2D eigenvalue weighted by Crippen LogP contribution is -2.01. The Bertz CT molecular complexity index is 1020. The number of fused-ring (bicyclic) bond motifs is 1. The average molecular weight is 360 g/mol. The van der Waals surface area contributed by atoms with Crippen molar-refractivity contribution in [3.05, 3.63) is 62.4 Å². The van der Waals surface area contributed by atoms with Gasteiger partial charge in [-0.2, -0.15) is 5.26 Å². The first-order valence-corrected chi connectivity index (χ1v) is 7.75. The predicted molar refractivity (Wildman–Crippen MR) is 91.8 cm³/mol. The molecular weight excluding hydrogens is 349 g/mol. The number of pyridine rings is 1. The lowest BCUT2D eigenvalue weighted by molar-refractivity contribution is 0.0697. The number of aromatic nitrogens is 2. The molecule has 0 saturated heterocycles. The molecule has 3 aromatic rings. The number of carbonyl (C=O) groups is 1. The molecule has 2 aromatic heterocycles. The van der Waals surface area contributed by atoms with Crippen LogP contribution >= 0.6 is 23.2 Å². The van der Waals surface area contributed by atoms with Crippen LogP contribution < -0.4 is 0 Å². The summed E-state index contributed by atoms with van der Waals surface area (Å²) in [7, 11) is 0. The third-order valence-electron chi connectivity index (χ3n) is 3.76. The molecule has 120 valence electrons. The summed E-state index contributed by atoms with van der Waals surface area (Å²) in [5.41, 5.74) is 3.18. The van der Waals surface area contributed by atoms with Gasteiger partial charge in [-0.25, -0.2) is 9.78 Å². The predicted octanol–water partition coefficient (Wildman–Crippen LogP) is 4.34. The number of nitrogens with zero attached hydrogens (tertiary/aromatic N) is 2. The van der Waals surface area contributed by atoms with Crippen molar-refractivity contribution in [2.24, 2.45) is 0 Å². The number of aromatic carboxylic acids is 1. The van der Waals surface area contributed by atoms with Crippen LogP contribution in [0.2, 0.25) is 10.0 Å². The number of carboxylic acid groups (broad SMARTS) is 1. The second-order valence-corrected chi connectivity index (χ2v) is 6.15. The average Bonchev–Trinajstić information content (AvgIpc) is 2.94. The van der Waals surface area contributed by atoms with Crippen molar-refractivity contribution in [2.45, 2.75) is 13.3 Å². The van der Waals surface area contributed by atoms with Crippen LogP contribution in [0, 0.1) is 18.3 Å². The van der Waals surface area contributed by atoms with Crippen LogP contribution in [0.4, 0.5) is 0 Å². The van der Waals surface area contributed by atoms with Gasteiger partial charge < -0.3 is 10.1 Å². The molecule has 0 aliphatic heterocycles. The maximum absolute atomic E-state index is 11.2. The summed E-state index contributed by atoms with van der Waals surface area (Å²) in [4.78, 5) is 18.6. The number of H-pyrrole nitrogens is 1. The van der Waals surface area contributed by atoms with Gasteiger partial charge in [0.05, 0.1) is 10.6 Å². The van der Waals surface area contributed by atoms with E-state index in [-0.39, 0.29) is 10.6 Å². The fourth-order valence-corrected chi connectivity index (χ4v) is 3.18. The van der Waals surface area contributed by atoms with Gasteiger partial charge in [-0.1, -0.05) is 23.2 Å². The number of hydrogen-bond acceptors (Lipinski definition) is 3. The fraction of sp³-hybridized carbons (Fsp3) is 0.118. The van der Waals surface area contributed by atoms with Crippen molar-refractivity contribution >= 4 is 40.2 Å². The summed E-state index contributed by atoms with van der Waals surface area (Å²) in [6, 6.07) is 8.53. The Labute approximate surface area is 147 Å². The Balaban J connectivity index is 2.08. The maximum Gasteiger partial charge on any atom is 0.337 e. The second-order valence-electron chi connectivity index (χ2n) is 5.36. The lowest BCUT2D eigenvalue weighted by atomic mass is 10.1. The molecule has 2 heterocycles. The minimum atomic E-state index is -1.11.